The Balaban J connectivity index is 1.84. The molecule has 4 heteroatoms. The number of esters is 1. The van der Waals surface area contributed by atoms with Crippen molar-refractivity contribution >= 4 is 5.97 Å². The molecule has 18 heavy (non-hydrogen) atoms. The van der Waals surface area contributed by atoms with Crippen molar-refractivity contribution in [3.63, 3.8) is 0 Å². The Labute approximate surface area is 107 Å². The van der Waals surface area contributed by atoms with Gasteiger partial charge in [-0.1, -0.05) is 30.3 Å². The standard InChI is InChI=1S/C14H18O4/c1-3-16-9-10-17-13(15)12-14(2,18-12)11-7-5-4-6-8-11/h4-8,12H,3,9-10H2,1-2H3/t12-,14-/m0/s1. The Morgan fingerprint density at radius 1 is 1.33 bits per heavy atom. The normalized spacial score (nSPS) is 25.8. The van der Waals surface area contributed by atoms with Crippen LogP contribution in [0.15, 0.2) is 30.3 Å². The summed E-state index contributed by atoms with van der Waals surface area (Å²) < 4.78 is 15.7. The van der Waals surface area contributed by atoms with Crippen LogP contribution in [0.4, 0.5) is 0 Å². The van der Waals surface area contributed by atoms with Crippen LogP contribution in [-0.2, 0) is 24.6 Å². The monoisotopic (exact) mass is 250 g/mol. The Bertz CT molecular complexity index is 404. The summed E-state index contributed by atoms with van der Waals surface area (Å²) in [5, 5.41) is 0. The number of epoxide rings is 1. The van der Waals surface area contributed by atoms with Gasteiger partial charge in [-0.25, -0.2) is 4.79 Å². The molecular formula is C14H18O4. The molecule has 0 spiro atoms. The first kappa shape index (κ1) is 13.1. The molecule has 2 atom stereocenters. The summed E-state index contributed by atoms with van der Waals surface area (Å²) in [7, 11) is 0. The average molecular weight is 250 g/mol. The maximum absolute atomic E-state index is 11.8. The summed E-state index contributed by atoms with van der Waals surface area (Å²) in [5.74, 6) is -0.318. The van der Waals surface area contributed by atoms with Crippen LogP contribution in [0, 0.1) is 0 Å². The van der Waals surface area contributed by atoms with Gasteiger partial charge in [0, 0.05) is 6.61 Å². The first-order valence-electron chi connectivity index (χ1n) is 6.16. The highest BCUT2D eigenvalue weighted by molar-refractivity contribution is 5.79. The molecule has 0 unspecified atom stereocenters. The lowest BCUT2D eigenvalue weighted by molar-refractivity contribution is -0.146. The van der Waals surface area contributed by atoms with Gasteiger partial charge < -0.3 is 14.2 Å². The molecular weight excluding hydrogens is 232 g/mol. The van der Waals surface area contributed by atoms with E-state index >= 15 is 0 Å². The van der Waals surface area contributed by atoms with E-state index in [0.29, 0.717) is 13.2 Å². The van der Waals surface area contributed by atoms with Crippen LogP contribution in [0.1, 0.15) is 19.4 Å². The van der Waals surface area contributed by atoms with Gasteiger partial charge in [-0.05, 0) is 19.4 Å². The van der Waals surface area contributed by atoms with Crippen molar-refractivity contribution in [2.75, 3.05) is 19.8 Å². The van der Waals surface area contributed by atoms with E-state index in [9.17, 15) is 4.79 Å². The molecule has 1 aromatic carbocycles. The van der Waals surface area contributed by atoms with Crippen molar-refractivity contribution in [1.82, 2.24) is 0 Å². The topological polar surface area (TPSA) is 48.1 Å². The minimum atomic E-state index is -0.538. The fourth-order valence-corrected chi connectivity index (χ4v) is 1.89. The zero-order valence-corrected chi connectivity index (χ0v) is 10.7. The number of carbonyl (C=O) groups excluding carboxylic acids is 1. The molecule has 1 aliphatic rings. The largest absolute Gasteiger partial charge is 0.461 e. The SMILES string of the molecule is CCOCCOC(=O)[C@@H]1O[C@@]1(C)c1ccccc1. The van der Waals surface area contributed by atoms with E-state index in [1.54, 1.807) is 0 Å². The fraction of sp³-hybridized carbons (Fsp3) is 0.500. The highest BCUT2D eigenvalue weighted by Crippen LogP contribution is 2.46. The highest BCUT2D eigenvalue weighted by atomic mass is 16.7. The van der Waals surface area contributed by atoms with Crippen LogP contribution in [0.2, 0.25) is 0 Å². The first-order chi connectivity index (χ1) is 8.68. The Hall–Kier alpha value is -1.39. The summed E-state index contributed by atoms with van der Waals surface area (Å²) in [5.41, 5.74) is 0.459. The number of carbonyl (C=O) groups is 1. The molecule has 4 nitrogen and oxygen atoms in total. The van der Waals surface area contributed by atoms with Gasteiger partial charge in [0.1, 0.15) is 12.2 Å². The van der Waals surface area contributed by atoms with E-state index in [0.717, 1.165) is 5.56 Å². The smallest absolute Gasteiger partial charge is 0.338 e. The number of rotatable bonds is 6. The maximum atomic E-state index is 11.8. The number of hydrogen-bond donors (Lipinski definition) is 0. The molecule has 0 bridgehead atoms. The van der Waals surface area contributed by atoms with E-state index in [1.165, 1.54) is 0 Å². The third-order valence-electron chi connectivity index (χ3n) is 3.04. The van der Waals surface area contributed by atoms with E-state index in [-0.39, 0.29) is 12.6 Å². The van der Waals surface area contributed by atoms with E-state index < -0.39 is 11.7 Å². The summed E-state index contributed by atoms with van der Waals surface area (Å²) in [6.07, 6.45) is -0.499. The molecule has 1 aliphatic heterocycles. The van der Waals surface area contributed by atoms with Gasteiger partial charge in [0.25, 0.3) is 0 Å². The molecule has 1 fully saturated rings. The summed E-state index contributed by atoms with van der Waals surface area (Å²) in [6, 6.07) is 9.70. The van der Waals surface area contributed by atoms with Gasteiger partial charge >= 0.3 is 5.97 Å². The zero-order chi connectivity index (χ0) is 13.0. The Morgan fingerprint density at radius 3 is 2.72 bits per heavy atom. The Morgan fingerprint density at radius 2 is 2.06 bits per heavy atom. The quantitative estimate of drug-likeness (QED) is 0.439. The second-order valence-electron chi connectivity index (χ2n) is 4.34. The average Bonchev–Trinajstić information content (AvgIpc) is 3.10. The van der Waals surface area contributed by atoms with Crippen molar-refractivity contribution in [3.8, 4) is 0 Å². The van der Waals surface area contributed by atoms with Gasteiger partial charge in [-0.15, -0.1) is 0 Å². The van der Waals surface area contributed by atoms with Crippen molar-refractivity contribution in [3.05, 3.63) is 35.9 Å². The minimum Gasteiger partial charge on any atom is -0.461 e. The first-order valence-corrected chi connectivity index (χ1v) is 6.16. The minimum absolute atomic E-state index is 0.275. The number of benzene rings is 1. The fourth-order valence-electron chi connectivity index (χ4n) is 1.89. The molecule has 98 valence electrons. The predicted molar refractivity (Wildman–Crippen MR) is 66.1 cm³/mol. The molecule has 0 amide bonds. The van der Waals surface area contributed by atoms with Crippen LogP contribution in [0.5, 0.6) is 0 Å². The van der Waals surface area contributed by atoms with Gasteiger partial charge in [-0.2, -0.15) is 0 Å². The summed E-state index contributed by atoms with van der Waals surface area (Å²) >= 11 is 0. The third kappa shape index (κ3) is 2.71. The Kier molecular flexibility index (Phi) is 3.99. The number of ether oxygens (including phenoxy) is 3. The van der Waals surface area contributed by atoms with Crippen molar-refractivity contribution in [2.45, 2.75) is 25.6 Å². The molecule has 1 heterocycles. The molecule has 0 saturated carbocycles. The highest BCUT2D eigenvalue weighted by Gasteiger charge is 2.59. The molecule has 1 saturated heterocycles. The summed E-state index contributed by atoms with van der Waals surface area (Å²) in [6.45, 7) is 5.13. The molecule has 0 N–H and O–H groups in total. The zero-order valence-electron chi connectivity index (χ0n) is 10.7. The number of hydrogen-bond acceptors (Lipinski definition) is 4. The van der Waals surface area contributed by atoms with Gasteiger partial charge in [0.2, 0.25) is 0 Å². The maximum Gasteiger partial charge on any atom is 0.338 e. The van der Waals surface area contributed by atoms with Crippen LogP contribution < -0.4 is 0 Å². The van der Waals surface area contributed by atoms with Crippen molar-refractivity contribution in [2.24, 2.45) is 0 Å². The molecule has 2 rings (SSSR count). The molecule has 1 aromatic rings. The third-order valence-corrected chi connectivity index (χ3v) is 3.04. The lowest BCUT2D eigenvalue weighted by Gasteiger charge is -2.07. The van der Waals surface area contributed by atoms with E-state index in [2.05, 4.69) is 0 Å². The van der Waals surface area contributed by atoms with Gasteiger partial charge in [-0.3, -0.25) is 0 Å². The lowest BCUT2D eigenvalue weighted by atomic mass is 9.97. The second-order valence-corrected chi connectivity index (χ2v) is 4.34. The predicted octanol–water partition coefficient (Wildman–Crippen LogP) is 1.88. The molecule has 0 radical (unpaired) electrons. The van der Waals surface area contributed by atoms with Crippen LogP contribution >= 0.6 is 0 Å². The van der Waals surface area contributed by atoms with Gasteiger partial charge in [0.05, 0.1) is 6.61 Å². The summed E-state index contributed by atoms with van der Waals surface area (Å²) in [4.78, 5) is 11.8. The van der Waals surface area contributed by atoms with E-state index in [1.807, 2.05) is 44.2 Å². The molecule has 0 aliphatic carbocycles. The van der Waals surface area contributed by atoms with Crippen LogP contribution in [0.25, 0.3) is 0 Å². The molecule has 0 aromatic heterocycles. The second kappa shape index (κ2) is 5.50. The van der Waals surface area contributed by atoms with Crippen LogP contribution in [0.3, 0.4) is 0 Å². The van der Waals surface area contributed by atoms with Crippen molar-refractivity contribution < 1.29 is 19.0 Å². The van der Waals surface area contributed by atoms with Gasteiger partial charge in [0.15, 0.2) is 6.10 Å². The van der Waals surface area contributed by atoms with Crippen LogP contribution in [-0.4, -0.2) is 31.9 Å². The lowest BCUT2D eigenvalue weighted by Crippen LogP contribution is -2.20. The van der Waals surface area contributed by atoms with Crippen molar-refractivity contribution in [1.29, 1.82) is 0 Å². The van der Waals surface area contributed by atoms with E-state index in [4.69, 9.17) is 14.2 Å².